The highest BCUT2D eigenvalue weighted by Gasteiger charge is 2.45. The molecule has 0 bridgehead atoms. The molecule has 1 aliphatic rings. The molecule has 45 heavy (non-hydrogen) atoms. The Morgan fingerprint density at radius 3 is 2.42 bits per heavy atom. The van der Waals surface area contributed by atoms with Gasteiger partial charge in [0.25, 0.3) is 0 Å². The van der Waals surface area contributed by atoms with Crippen LogP contribution in [0.5, 0.6) is 5.75 Å². The van der Waals surface area contributed by atoms with Crippen molar-refractivity contribution in [3.05, 3.63) is 94.4 Å². The molecule has 0 aliphatic carbocycles. The van der Waals surface area contributed by atoms with Crippen molar-refractivity contribution in [2.75, 3.05) is 6.61 Å². The van der Waals surface area contributed by atoms with Crippen LogP contribution in [0.4, 0.5) is 4.39 Å². The summed E-state index contributed by atoms with van der Waals surface area (Å²) in [6, 6.07) is 19.7. The third-order valence-corrected chi connectivity index (χ3v) is 8.48. The molecule has 8 heteroatoms. The van der Waals surface area contributed by atoms with Crippen LogP contribution in [0, 0.1) is 26.6 Å². The van der Waals surface area contributed by atoms with Crippen molar-refractivity contribution in [3.8, 4) is 39.4 Å². The molecular formula is C37H38FN3O4. The molecule has 0 amide bonds. The largest absolute Gasteiger partial charge is 0.490 e. The van der Waals surface area contributed by atoms with Crippen molar-refractivity contribution < 1.29 is 23.8 Å². The Bertz CT molecular complexity index is 1970. The number of hydrogen-bond acceptors (Lipinski definition) is 5. The van der Waals surface area contributed by atoms with Gasteiger partial charge in [-0.3, -0.25) is 0 Å². The second-order valence-electron chi connectivity index (χ2n) is 13.0. The minimum atomic E-state index is -1.83. The molecule has 1 aliphatic heterocycles. The first-order chi connectivity index (χ1) is 21.3. The van der Waals surface area contributed by atoms with E-state index in [1.54, 1.807) is 11.4 Å². The fourth-order valence-electron chi connectivity index (χ4n) is 6.54. The van der Waals surface area contributed by atoms with Crippen LogP contribution in [0.1, 0.15) is 62.1 Å². The van der Waals surface area contributed by atoms with Crippen LogP contribution >= 0.6 is 0 Å². The fraction of sp³-hybridized carbons (Fsp3) is 0.324. The van der Waals surface area contributed by atoms with Gasteiger partial charge in [-0.1, -0.05) is 42.5 Å². The summed E-state index contributed by atoms with van der Waals surface area (Å²) in [4.78, 5) is 18.0. The summed E-state index contributed by atoms with van der Waals surface area (Å²) in [7, 11) is 0. The molecule has 3 aromatic carbocycles. The average Bonchev–Trinajstić information content (AvgIpc) is 3.41. The zero-order valence-corrected chi connectivity index (χ0v) is 26.8. The molecule has 0 saturated carbocycles. The van der Waals surface area contributed by atoms with E-state index in [0.717, 1.165) is 39.8 Å². The smallest absolute Gasteiger partial charge is 0.340 e. The molecule has 0 spiro atoms. The van der Waals surface area contributed by atoms with Crippen LogP contribution in [-0.4, -0.2) is 37.9 Å². The monoisotopic (exact) mass is 607 g/mol. The zero-order valence-electron chi connectivity index (χ0n) is 26.8. The van der Waals surface area contributed by atoms with Crippen LogP contribution in [0.2, 0.25) is 0 Å². The number of fused-ring (bicyclic) bond motifs is 2. The maximum Gasteiger partial charge on any atom is 0.340 e. The van der Waals surface area contributed by atoms with Gasteiger partial charge in [-0.2, -0.15) is 5.10 Å². The lowest BCUT2D eigenvalue weighted by molar-refractivity contribution is -0.183. The molecule has 0 fully saturated rings. The van der Waals surface area contributed by atoms with Gasteiger partial charge in [0.05, 0.1) is 23.6 Å². The van der Waals surface area contributed by atoms with Crippen LogP contribution in [0.15, 0.2) is 60.7 Å². The molecule has 0 unspecified atom stereocenters. The Balaban J connectivity index is 1.66. The van der Waals surface area contributed by atoms with Crippen LogP contribution < -0.4 is 4.74 Å². The number of aryl methyl sites for hydroxylation is 2. The third-order valence-electron chi connectivity index (χ3n) is 8.48. The lowest BCUT2D eigenvalue weighted by Gasteiger charge is -2.36. The molecule has 0 radical (unpaired) electrons. The van der Waals surface area contributed by atoms with Gasteiger partial charge < -0.3 is 14.6 Å². The summed E-state index contributed by atoms with van der Waals surface area (Å²) >= 11 is 0. The molecule has 1 atom stereocenters. The summed E-state index contributed by atoms with van der Waals surface area (Å²) in [5.74, 6) is -1.42. The van der Waals surface area contributed by atoms with Crippen molar-refractivity contribution in [3.63, 3.8) is 0 Å². The van der Waals surface area contributed by atoms with E-state index in [0.29, 0.717) is 46.9 Å². The predicted molar refractivity (Wildman–Crippen MR) is 173 cm³/mol. The van der Waals surface area contributed by atoms with Crippen LogP contribution in [-0.2, 0) is 21.6 Å². The molecule has 1 N–H and O–H groups in total. The van der Waals surface area contributed by atoms with Crippen LogP contribution in [0.25, 0.3) is 39.3 Å². The summed E-state index contributed by atoms with van der Waals surface area (Å²) in [5, 5.41) is 15.7. The van der Waals surface area contributed by atoms with Gasteiger partial charge in [-0.25, -0.2) is 18.7 Å². The first-order valence-electron chi connectivity index (χ1n) is 15.2. The summed E-state index contributed by atoms with van der Waals surface area (Å²) in [6.07, 6.45) is 1.41. The number of aliphatic carboxylic acids is 1. The van der Waals surface area contributed by atoms with Crippen molar-refractivity contribution in [2.45, 2.75) is 72.5 Å². The van der Waals surface area contributed by atoms with Crippen molar-refractivity contribution >= 4 is 11.6 Å². The van der Waals surface area contributed by atoms with Gasteiger partial charge in [0.1, 0.15) is 0 Å². The topological polar surface area (TPSA) is 86.0 Å². The minimum absolute atomic E-state index is 0.257. The summed E-state index contributed by atoms with van der Waals surface area (Å²) in [5.41, 5.74) is 6.05. The highest BCUT2D eigenvalue weighted by molar-refractivity contribution is 5.86. The van der Waals surface area contributed by atoms with Gasteiger partial charge in [0.15, 0.2) is 22.8 Å². The van der Waals surface area contributed by atoms with Crippen molar-refractivity contribution in [2.24, 2.45) is 0 Å². The van der Waals surface area contributed by atoms with Crippen molar-refractivity contribution in [1.29, 1.82) is 0 Å². The van der Waals surface area contributed by atoms with E-state index < -0.39 is 23.0 Å². The number of carboxylic acid groups (broad SMARTS) is 1. The highest BCUT2D eigenvalue weighted by Crippen LogP contribution is 2.44. The second-order valence-corrected chi connectivity index (χ2v) is 13.0. The Morgan fingerprint density at radius 1 is 0.978 bits per heavy atom. The van der Waals surface area contributed by atoms with Gasteiger partial charge in [-0.05, 0) is 95.7 Å². The minimum Gasteiger partial charge on any atom is -0.490 e. The van der Waals surface area contributed by atoms with Gasteiger partial charge in [0.2, 0.25) is 0 Å². The van der Waals surface area contributed by atoms with E-state index in [-0.39, 0.29) is 5.75 Å². The van der Waals surface area contributed by atoms with Gasteiger partial charge >= 0.3 is 5.97 Å². The number of aromatic nitrogens is 3. The van der Waals surface area contributed by atoms with E-state index in [4.69, 9.17) is 19.6 Å². The second kappa shape index (κ2) is 11.1. The molecule has 5 aromatic rings. The number of rotatable bonds is 6. The zero-order chi connectivity index (χ0) is 32.3. The van der Waals surface area contributed by atoms with E-state index in [2.05, 4.69) is 31.2 Å². The Morgan fingerprint density at radius 2 is 1.71 bits per heavy atom. The molecule has 232 valence electrons. The number of nitrogens with zero attached hydrogens (tertiary/aromatic N) is 3. The lowest BCUT2D eigenvalue weighted by Crippen LogP contribution is -2.43. The van der Waals surface area contributed by atoms with E-state index in [1.807, 2.05) is 58.0 Å². The van der Waals surface area contributed by atoms with E-state index in [1.165, 1.54) is 13.0 Å². The number of carboxylic acids is 1. The average molecular weight is 608 g/mol. The number of benzene rings is 3. The number of ether oxygens (including phenoxy) is 2. The van der Waals surface area contributed by atoms with E-state index in [9.17, 15) is 9.90 Å². The standard InChI is InChI=1S/C37H38FN3O4/c1-21-12-8-9-15-26(21)24-13-10-14-25(18-24)30-20-31-39-23(3)32(37(7,35(42)43)45-36(4,5)6)33(41(31)40-30)28-19-29(38)34-27(22(28)2)16-11-17-44-34/h8-10,12-15,18-20H,11,16-17H2,1-7H3,(H,42,43)/t37-/m0/s1. The molecule has 0 saturated heterocycles. The van der Waals surface area contributed by atoms with Gasteiger partial charge in [0, 0.05) is 34.0 Å². The Labute approximate surface area is 262 Å². The number of carbonyl (C=O) groups is 1. The highest BCUT2D eigenvalue weighted by atomic mass is 19.1. The predicted octanol–water partition coefficient (Wildman–Crippen LogP) is 8.23. The number of halogens is 1. The SMILES string of the molecule is Cc1ccccc1-c1cccc(-c2cc3nc(C)c([C@](C)(OC(C)(C)C)C(=O)O)c(-c4cc(F)c5c(c4C)CCCO5)n3n2)c1. The lowest BCUT2D eigenvalue weighted by atomic mass is 9.86. The van der Waals surface area contributed by atoms with Gasteiger partial charge in [-0.15, -0.1) is 0 Å². The Kier molecular flexibility index (Phi) is 7.52. The first kappa shape index (κ1) is 30.5. The van der Waals surface area contributed by atoms with Crippen molar-refractivity contribution in [1.82, 2.24) is 14.6 Å². The fourth-order valence-corrected chi connectivity index (χ4v) is 6.54. The van der Waals surface area contributed by atoms with E-state index >= 15 is 4.39 Å². The molecule has 6 rings (SSSR count). The molecular weight excluding hydrogens is 569 g/mol. The van der Waals surface area contributed by atoms with Crippen LogP contribution in [0.3, 0.4) is 0 Å². The quantitative estimate of drug-likeness (QED) is 0.209. The molecule has 7 nitrogen and oxygen atoms in total. The summed E-state index contributed by atoms with van der Waals surface area (Å²) < 4.78 is 29.4. The Hall–Kier alpha value is -4.56. The molecule has 2 aromatic heterocycles. The maximum absolute atomic E-state index is 15.7. The molecule has 3 heterocycles. The number of hydrogen-bond donors (Lipinski definition) is 1. The first-order valence-corrected chi connectivity index (χ1v) is 15.2. The maximum atomic E-state index is 15.7. The summed E-state index contributed by atoms with van der Waals surface area (Å²) in [6.45, 7) is 13.2. The third kappa shape index (κ3) is 5.37. The normalized spacial score (nSPS) is 14.6.